The summed E-state index contributed by atoms with van der Waals surface area (Å²) in [7, 11) is 0. The second-order valence-electron chi connectivity index (χ2n) is 6.75. The molecule has 2 aliphatic carbocycles. The first kappa shape index (κ1) is 13.5. The molecule has 0 bridgehead atoms. The third-order valence-corrected chi connectivity index (χ3v) is 5.68. The molecule has 1 saturated carbocycles. The van der Waals surface area contributed by atoms with Gasteiger partial charge in [-0.2, -0.15) is 10.2 Å². The van der Waals surface area contributed by atoms with Crippen molar-refractivity contribution in [1.82, 2.24) is 0 Å². The quantitative estimate of drug-likeness (QED) is 0.619. The van der Waals surface area contributed by atoms with Crippen LogP contribution in [0.5, 0.6) is 0 Å². The summed E-state index contributed by atoms with van der Waals surface area (Å²) in [6.07, 6.45) is 5.30. The van der Waals surface area contributed by atoms with Crippen LogP contribution >= 0.6 is 0 Å². The molecule has 3 aliphatic rings. The maximum atomic E-state index is 11.4. The highest BCUT2D eigenvalue weighted by Crippen LogP contribution is 2.55. The van der Waals surface area contributed by atoms with E-state index >= 15 is 0 Å². The van der Waals surface area contributed by atoms with Crippen molar-refractivity contribution < 1.29 is 9.90 Å². The van der Waals surface area contributed by atoms with Crippen LogP contribution in [-0.2, 0) is 4.79 Å². The van der Waals surface area contributed by atoms with Crippen LogP contribution in [-0.4, -0.2) is 23.2 Å². The Balaban J connectivity index is 2.00. The SMILES string of the molecule is C=C(C(=O)O)[C@H]1CC2CN=NC2(C)C2CCC(C)=CC21. The summed E-state index contributed by atoms with van der Waals surface area (Å²) in [5.74, 6) is 0.204. The number of carboxylic acid groups (broad SMARTS) is 1. The monoisotopic (exact) mass is 274 g/mol. The molecule has 108 valence electrons. The fourth-order valence-corrected chi connectivity index (χ4v) is 4.43. The summed E-state index contributed by atoms with van der Waals surface area (Å²) in [6.45, 7) is 8.93. The first-order valence-electron chi connectivity index (χ1n) is 7.41. The van der Waals surface area contributed by atoms with E-state index in [1.165, 1.54) is 5.57 Å². The van der Waals surface area contributed by atoms with Crippen molar-refractivity contribution in [1.29, 1.82) is 0 Å². The lowest BCUT2D eigenvalue weighted by molar-refractivity contribution is -0.133. The summed E-state index contributed by atoms with van der Waals surface area (Å²) < 4.78 is 0. The van der Waals surface area contributed by atoms with Crippen molar-refractivity contribution in [3.05, 3.63) is 23.8 Å². The molecule has 0 aromatic rings. The topological polar surface area (TPSA) is 62.0 Å². The molecule has 0 saturated heterocycles. The molecule has 4 unspecified atom stereocenters. The van der Waals surface area contributed by atoms with Gasteiger partial charge in [-0.05, 0) is 50.9 Å². The number of rotatable bonds is 2. The molecule has 0 radical (unpaired) electrons. The minimum atomic E-state index is -0.860. The van der Waals surface area contributed by atoms with Crippen molar-refractivity contribution in [3.8, 4) is 0 Å². The summed E-state index contributed by atoms with van der Waals surface area (Å²) in [5.41, 5.74) is 1.63. The van der Waals surface area contributed by atoms with Crippen molar-refractivity contribution >= 4 is 5.97 Å². The molecule has 20 heavy (non-hydrogen) atoms. The van der Waals surface area contributed by atoms with Crippen LogP contribution in [0, 0.1) is 23.7 Å². The Morgan fingerprint density at radius 1 is 1.55 bits per heavy atom. The molecular weight excluding hydrogens is 252 g/mol. The summed E-state index contributed by atoms with van der Waals surface area (Å²) >= 11 is 0. The van der Waals surface area contributed by atoms with Gasteiger partial charge < -0.3 is 5.11 Å². The molecular formula is C16H22N2O2. The van der Waals surface area contributed by atoms with E-state index in [2.05, 4.69) is 36.7 Å². The molecule has 5 atom stereocenters. The number of azo groups is 1. The number of fused-ring (bicyclic) bond motifs is 3. The number of aliphatic carboxylic acids is 1. The van der Waals surface area contributed by atoms with Gasteiger partial charge in [0.05, 0.1) is 12.1 Å². The van der Waals surface area contributed by atoms with Crippen LogP contribution in [0.3, 0.4) is 0 Å². The number of allylic oxidation sites excluding steroid dienone is 2. The second kappa shape index (κ2) is 4.54. The van der Waals surface area contributed by atoms with E-state index in [1.54, 1.807) is 0 Å². The Morgan fingerprint density at radius 2 is 2.30 bits per heavy atom. The number of hydrogen-bond acceptors (Lipinski definition) is 3. The minimum absolute atomic E-state index is 0.0364. The van der Waals surface area contributed by atoms with Gasteiger partial charge in [0.1, 0.15) is 0 Å². The molecule has 1 aliphatic heterocycles. The molecule has 1 fully saturated rings. The average Bonchev–Trinajstić information content (AvgIpc) is 2.78. The van der Waals surface area contributed by atoms with E-state index in [9.17, 15) is 9.90 Å². The van der Waals surface area contributed by atoms with E-state index in [4.69, 9.17) is 0 Å². The first-order chi connectivity index (χ1) is 9.43. The summed E-state index contributed by atoms with van der Waals surface area (Å²) in [4.78, 5) is 11.4. The van der Waals surface area contributed by atoms with Gasteiger partial charge in [-0.1, -0.05) is 18.2 Å². The lowest BCUT2D eigenvalue weighted by Gasteiger charge is -2.50. The minimum Gasteiger partial charge on any atom is -0.478 e. The van der Waals surface area contributed by atoms with Crippen LogP contribution in [0.25, 0.3) is 0 Å². The molecule has 3 rings (SSSR count). The number of carbonyl (C=O) groups is 1. The van der Waals surface area contributed by atoms with Crippen LogP contribution in [0.15, 0.2) is 34.0 Å². The van der Waals surface area contributed by atoms with Gasteiger partial charge in [0.2, 0.25) is 0 Å². The lowest BCUT2D eigenvalue weighted by atomic mass is 9.55. The molecule has 0 aromatic heterocycles. The van der Waals surface area contributed by atoms with Gasteiger partial charge in [-0.3, -0.25) is 0 Å². The molecule has 4 heteroatoms. The highest BCUT2D eigenvalue weighted by Gasteiger charge is 2.55. The van der Waals surface area contributed by atoms with Gasteiger partial charge in [0.15, 0.2) is 0 Å². The second-order valence-corrected chi connectivity index (χ2v) is 6.75. The van der Waals surface area contributed by atoms with E-state index in [-0.39, 0.29) is 17.4 Å². The maximum Gasteiger partial charge on any atom is 0.331 e. The molecule has 0 spiro atoms. The zero-order chi connectivity index (χ0) is 14.5. The third kappa shape index (κ3) is 1.85. The van der Waals surface area contributed by atoms with Gasteiger partial charge in [-0.15, -0.1) is 0 Å². The molecule has 0 aromatic carbocycles. The Labute approximate surface area is 119 Å². The maximum absolute atomic E-state index is 11.4. The Morgan fingerprint density at radius 3 is 3.00 bits per heavy atom. The van der Waals surface area contributed by atoms with E-state index in [0.717, 1.165) is 25.8 Å². The summed E-state index contributed by atoms with van der Waals surface area (Å²) in [5, 5.41) is 18.2. The summed E-state index contributed by atoms with van der Waals surface area (Å²) in [6, 6.07) is 0. The van der Waals surface area contributed by atoms with Crippen LogP contribution in [0.2, 0.25) is 0 Å². The van der Waals surface area contributed by atoms with E-state index in [0.29, 0.717) is 17.4 Å². The van der Waals surface area contributed by atoms with Gasteiger partial charge >= 0.3 is 5.97 Å². The lowest BCUT2D eigenvalue weighted by Crippen LogP contribution is -2.51. The predicted octanol–water partition coefficient (Wildman–Crippen LogP) is 3.46. The molecule has 1 N–H and O–H groups in total. The van der Waals surface area contributed by atoms with E-state index in [1.807, 2.05) is 0 Å². The third-order valence-electron chi connectivity index (χ3n) is 5.68. The number of carboxylic acids is 1. The average molecular weight is 274 g/mol. The molecule has 1 heterocycles. The zero-order valence-corrected chi connectivity index (χ0v) is 12.2. The van der Waals surface area contributed by atoms with Crippen LogP contribution in [0.4, 0.5) is 0 Å². The van der Waals surface area contributed by atoms with E-state index < -0.39 is 5.97 Å². The highest BCUT2D eigenvalue weighted by molar-refractivity contribution is 5.86. The van der Waals surface area contributed by atoms with Gasteiger partial charge in [0, 0.05) is 11.5 Å². The van der Waals surface area contributed by atoms with Crippen molar-refractivity contribution in [2.24, 2.45) is 33.9 Å². The predicted molar refractivity (Wildman–Crippen MR) is 76.5 cm³/mol. The standard InChI is InChI=1S/C16H22N2O2/c1-9-4-5-14-13(6-9)12(10(2)15(19)20)7-11-8-17-18-16(11,14)3/h6,11-14H,2,4-5,7-8H2,1,3H3,(H,19,20)/t11?,12-,13?,14?,16?/m1/s1. The Hall–Kier alpha value is -1.45. The Bertz CT molecular complexity index is 523. The smallest absolute Gasteiger partial charge is 0.331 e. The van der Waals surface area contributed by atoms with Crippen LogP contribution in [0.1, 0.15) is 33.1 Å². The fourth-order valence-electron chi connectivity index (χ4n) is 4.43. The van der Waals surface area contributed by atoms with Crippen molar-refractivity contribution in [2.75, 3.05) is 6.54 Å². The highest BCUT2D eigenvalue weighted by atomic mass is 16.4. The van der Waals surface area contributed by atoms with Crippen molar-refractivity contribution in [2.45, 2.75) is 38.6 Å². The number of nitrogens with zero attached hydrogens (tertiary/aromatic N) is 2. The fraction of sp³-hybridized carbons (Fsp3) is 0.688. The van der Waals surface area contributed by atoms with Gasteiger partial charge in [0.25, 0.3) is 0 Å². The van der Waals surface area contributed by atoms with Gasteiger partial charge in [-0.25, -0.2) is 4.79 Å². The van der Waals surface area contributed by atoms with Crippen LogP contribution < -0.4 is 0 Å². The molecule has 0 amide bonds. The first-order valence-corrected chi connectivity index (χ1v) is 7.41. The Kier molecular flexibility index (Phi) is 3.07. The largest absolute Gasteiger partial charge is 0.478 e. The number of hydrogen-bond donors (Lipinski definition) is 1. The van der Waals surface area contributed by atoms with Crippen molar-refractivity contribution in [3.63, 3.8) is 0 Å². The normalized spacial score (nSPS) is 42.6. The molecule has 4 nitrogen and oxygen atoms in total. The zero-order valence-electron chi connectivity index (χ0n) is 12.2.